The van der Waals surface area contributed by atoms with Crippen LogP contribution < -0.4 is 5.73 Å². The molecule has 0 unspecified atom stereocenters. The number of nitrogens with two attached hydrogens (primary N) is 1. The molecule has 2 heterocycles. The minimum atomic E-state index is 0.499. The highest BCUT2D eigenvalue weighted by Gasteiger charge is 2.25. The molecule has 3 rings (SSSR count). The lowest BCUT2D eigenvalue weighted by molar-refractivity contribution is 0.125. The summed E-state index contributed by atoms with van der Waals surface area (Å²) in [5.74, 6) is 1.04. The molecule has 1 aromatic heterocycles. The monoisotopic (exact) mass is 258 g/mol. The Hall–Kier alpha value is -1.55. The van der Waals surface area contributed by atoms with Gasteiger partial charge in [0.1, 0.15) is 5.82 Å². The molecule has 1 fully saturated rings. The molecule has 0 spiro atoms. The third-order valence-corrected chi connectivity index (χ3v) is 4.14. The molecule has 2 aromatic rings. The topological polar surface area (TPSA) is 57.9 Å². The molecule has 102 valence electrons. The van der Waals surface area contributed by atoms with Crippen LogP contribution in [0.25, 0.3) is 11.0 Å². The van der Waals surface area contributed by atoms with E-state index in [-0.39, 0.29) is 0 Å². The van der Waals surface area contributed by atoms with Gasteiger partial charge in [-0.2, -0.15) is 0 Å². The lowest BCUT2D eigenvalue weighted by Crippen LogP contribution is -2.37. The maximum atomic E-state index is 5.79. The summed E-state index contributed by atoms with van der Waals surface area (Å²) in [6, 6.07) is 5.82. The van der Waals surface area contributed by atoms with Gasteiger partial charge >= 0.3 is 0 Å². The number of benzene rings is 1. The van der Waals surface area contributed by atoms with Crippen LogP contribution in [0.1, 0.15) is 32.5 Å². The molecule has 19 heavy (non-hydrogen) atoms. The number of rotatable bonds is 2. The molecule has 1 aromatic carbocycles. The Labute approximate surface area is 114 Å². The second kappa shape index (κ2) is 4.53. The van der Waals surface area contributed by atoms with E-state index in [0.29, 0.717) is 5.41 Å². The van der Waals surface area contributed by atoms with E-state index in [4.69, 9.17) is 5.73 Å². The third kappa shape index (κ3) is 2.73. The summed E-state index contributed by atoms with van der Waals surface area (Å²) in [5, 5.41) is 0. The van der Waals surface area contributed by atoms with Crippen LogP contribution in [-0.4, -0.2) is 28.0 Å². The minimum Gasteiger partial charge on any atom is -0.399 e. The normalized spacial score (nSPS) is 19.9. The zero-order valence-electron chi connectivity index (χ0n) is 11.7. The molecule has 0 amide bonds. The number of fused-ring (bicyclic) bond motifs is 1. The summed E-state index contributed by atoms with van der Waals surface area (Å²) < 4.78 is 0. The van der Waals surface area contributed by atoms with Crippen molar-refractivity contribution in [2.75, 3.05) is 18.8 Å². The van der Waals surface area contributed by atoms with E-state index in [1.807, 2.05) is 18.2 Å². The van der Waals surface area contributed by atoms with Crippen LogP contribution in [0.4, 0.5) is 5.69 Å². The van der Waals surface area contributed by atoms with E-state index in [0.717, 1.165) is 42.2 Å². The molecule has 0 atom stereocenters. The number of imidazole rings is 1. The number of hydrogen-bond donors (Lipinski definition) is 2. The zero-order valence-corrected chi connectivity index (χ0v) is 11.7. The van der Waals surface area contributed by atoms with Crippen LogP contribution in [0, 0.1) is 5.41 Å². The minimum absolute atomic E-state index is 0.499. The summed E-state index contributed by atoms with van der Waals surface area (Å²) in [5.41, 5.74) is 9.10. The first-order valence-corrected chi connectivity index (χ1v) is 6.98. The number of H-pyrrole nitrogens is 1. The van der Waals surface area contributed by atoms with Crippen molar-refractivity contribution >= 4 is 16.7 Å². The number of piperidine rings is 1. The Morgan fingerprint density at radius 2 is 2.05 bits per heavy atom. The first-order valence-electron chi connectivity index (χ1n) is 6.98. The first-order chi connectivity index (χ1) is 9.02. The molecule has 0 bridgehead atoms. The highest BCUT2D eigenvalue weighted by atomic mass is 15.2. The highest BCUT2D eigenvalue weighted by Crippen LogP contribution is 2.30. The average molecular weight is 258 g/mol. The van der Waals surface area contributed by atoms with E-state index in [1.165, 1.54) is 12.8 Å². The second-order valence-electron chi connectivity index (χ2n) is 6.40. The van der Waals surface area contributed by atoms with E-state index in [2.05, 4.69) is 28.7 Å². The maximum absolute atomic E-state index is 5.79. The molecule has 1 aliphatic heterocycles. The number of nitrogens with one attached hydrogen (secondary N) is 1. The van der Waals surface area contributed by atoms with Gasteiger partial charge in [-0.1, -0.05) is 13.8 Å². The fourth-order valence-corrected chi connectivity index (χ4v) is 2.68. The van der Waals surface area contributed by atoms with Gasteiger partial charge in [-0.05, 0) is 49.5 Å². The largest absolute Gasteiger partial charge is 0.399 e. The van der Waals surface area contributed by atoms with Crippen molar-refractivity contribution in [3.8, 4) is 0 Å². The molecular weight excluding hydrogens is 236 g/mol. The Morgan fingerprint density at radius 3 is 2.79 bits per heavy atom. The van der Waals surface area contributed by atoms with E-state index in [1.54, 1.807) is 0 Å². The Morgan fingerprint density at radius 1 is 1.32 bits per heavy atom. The van der Waals surface area contributed by atoms with Crippen LogP contribution in [-0.2, 0) is 6.54 Å². The van der Waals surface area contributed by atoms with Crippen molar-refractivity contribution < 1.29 is 0 Å². The van der Waals surface area contributed by atoms with Crippen molar-refractivity contribution in [1.82, 2.24) is 14.9 Å². The van der Waals surface area contributed by atoms with E-state index >= 15 is 0 Å². The zero-order chi connectivity index (χ0) is 13.5. The standard InChI is InChI=1S/C15H22N4/c1-15(2)5-7-19(8-6-15)10-14-17-12-4-3-11(16)9-13(12)18-14/h3-4,9H,5-8,10,16H2,1-2H3,(H,17,18). The van der Waals surface area contributed by atoms with E-state index in [9.17, 15) is 0 Å². The van der Waals surface area contributed by atoms with Gasteiger partial charge in [-0.25, -0.2) is 4.98 Å². The summed E-state index contributed by atoms with van der Waals surface area (Å²) in [7, 11) is 0. The number of nitrogen functional groups attached to an aromatic ring is 1. The van der Waals surface area contributed by atoms with Crippen LogP contribution >= 0.6 is 0 Å². The number of aromatic nitrogens is 2. The summed E-state index contributed by atoms with van der Waals surface area (Å²) >= 11 is 0. The number of likely N-dealkylation sites (tertiary alicyclic amines) is 1. The fourth-order valence-electron chi connectivity index (χ4n) is 2.68. The predicted molar refractivity (Wildman–Crippen MR) is 78.8 cm³/mol. The summed E-state index contributed by atoms with van der Waals surface area (Å²) in [6.07, 6.45) is 2.53. The smallest absolute Gasteiger partial charge is 0.121 e. The quantitative estimate of drug-likeness (QED) is 0.814. The van der Waals surface area contributed by atoms with Gasteiger partial charge in [-0.15, -0.1) is 0 Å². The Balaban J connectivity index is 1.72. The van der Waals surface area contributed by atoms with Gasteiger partial charge in [0.2, 0.25) is 0 Å². The molecule has 0 radical (unpaired) electrons. The van der Waals surface area contributed by atoms with Gasteiger partial charge in [0.25, 0.3) is 0 Å². The molecule has 1 saturated heterocycles. The van der Waals surface area contributed by atoms with Crippen LogP contribution in [0.5, 0.6) is 0 Å². The van der Waals surface area contributed by atoms with Crippen LogP contribution in [0.15, 0.2) is 18.2 Å². The first kappa shape index (κ1) is 12.5. The van der Waals surface area contributed by atoms with Crippen LogP contribution in [0.2, 0.25) is 0 Å². The fraction of sp³-hybridized carbons (Fsp3) is 0.533. The molecule has 0 aliphatic carbocycles. The van der Waals surface area contributed by atoms with Crippen molar-refractivity contribution in [2.24, 2.45) is 5.41 Å². The molecule has 4 heteroatoms. The average Bonchev–Trinajstić information content (AvgIpc) is 2.73. The predicted octanol–water partition coefficient (Wildman–Crippen LogP) is 2.77. The molecule has 4 nitrogen and oxygen atoms in total. The van der Waals surface area contributed by atoms with Crippen molar-refractivity contribution in [3.05, 3.63) is 24.0 Å². The van der Waals surface area contributed by atoms with E-state index < -0.39 is 0 Å². The van der Waals surface area contributed by atoms with Gasteiger partial charge in [0.15, 0.2) is 0 Å². The second-order valence-corrected chi connectivity index (χ2v) is 6.40. The lowest BCUT2D eigenvalue weighted by atomic mass is 9.83. The van der Waals surface area contributed by atoms with Gasteiger partial charge in [0.05, 0.1) is 17.6 Å². The third-order valence-electron chi connectivity index (χ3n) is 4.14. The SMILES string of the molecule is CC1(C)CCN(Cc2nc3ccc(N)cc3[nH]2)CC1. The van der Waals surface area contributed by atoms with Gasteiger partial charge < -0.3 is 10.7 Å². The van der Waals surface area contributed by atoms with Crippen molar-refractivity contribution in [2.45, 2.75) is 33.2 Å². The Kier molecular flexibility index (Phi) is 2.97. The number of hydrogen-bond acceptors (Lipinski definition) is 3. The Bertz CT molecular complexity index is 575. The number of aromatic amines is 1. The summed E-state index contributed by atoms with van der Waals surface area (Å²) in [4.78, 5) is 10.5. The molecular formula is C15H22N4. The van der Waals surface area contributed by atoms with Crippen LogP contribution in [0.3, 0.4) is 0 Å². The maximum Gasteiger partial charge on any atom is 0.121 e. The molecule has 3 N–H and O–H groups in total. The van der Waals surface area contributed by atoms with Crippen molar-refractivity contribution in [3.63, 3.8) is 0 Å². The molecule has 1 aliphatic rings. The lowest BCUT2D eigenvalue weighted by Gasteiger charge is -2.36. The van der Waals surface area contributed by atoms with Gasteiger partial charge in [-0.3, -0.25) is 4.90 Å². The van der Waals surface area contributed by atoms with Gasteiger partial charge in [0, 0.05) is 5.69 Å². The molecule has 0 saturated carbocycles. The summed E-state index contributed by atoms with van der Waals surface area (Å²) in [6.45, 7) is 7.94. The highest BCUT2D eigenvalue weighted by molar-refractivity contribution is 5.78. The number of anilines is 1. The number of nitrogens with zero attached hydrogens (tertiary/aromatic N) is 2. The van der Waals surface area contributed by atoms with Crippen molar-refractivity contribution in [1.29, 1.82) is 0 Å².